The minimum absolute atomic E-state index is 0.320. The van der Waals surface area contributed by atoms with Crippen LogP contribution in [-0.2, 0) is 0 Å². The van der Waals surface area contributed by atoms with E-state index in [1.54, 1.807) is 12.3 Å². The highest BCUT2D eigenvalue weighted by molar-refractivity contribution is 9.10. The van der Waals surface area contributed by atoms with Gasteiger partial charge >= 0.3 is 0 Å². The fourth-order valence-electron chi connectivity index (χ4n) is 5.93. The molecule has 0 spiro atoms. The van der Waals surface area contributed by atoms with Crippen molar-refractivity contribution in [2.75, 3.05) is 5.32 Å². The molecule has 0 amide bonds. The molecule has 2 aromatic heterocycles. The Balaban J connectivity index is 1.24. The predicted molar refractivity (Wildman–Crippen MR) is 113 cm³/mol. The molecule has 2 aromatic rings. The van der Waals surface area contributed by atoms with Crippen LogP contribution in [0.5, 0.6) is 0 Å². The third-order valence-electron chi connectivity index (χ3n) is 7.11. The summed E-state index contributed by atoms with van der Waals surface area (Å²) in [5.41, 5.74) is 0.646. The molecular formula is C22H27BrN4O. The van der Waals surface area contributed by atoms with Crippen molar-refractivity contribution in [2.45, 2.75) is 82.5 Å². The van der Waals surface area contributed by atoms with E-state index in [1.807, 2.05) is 0 Å². The summed E-state index contributed by atoms with van der Waals surface area (Å²) >= 11 is 3.65. The molecule has 1 saturated carbocycles. The minimum atomic E-state index is 0.320. The number of nitriles is 1. The Morgan fingerprint density at radius 1 is 1.14 bits per heavy atom. The third kappa shape index (κ3) is 3.23. The van der Waals surface area contributed by atoms with Crippen molar-refractivity contribution >= 4 is 32.7 Å². The first kappa shape index (κ1) is 18.4. The number of furan rings is 1. The van der Waals surface area contributed by atoms with Crippen LogP contribution < -0.4 is 5.32 Å². The van der Waals surface area contributed by atoms with E-state index >= 15 is 0 Å². The molecule has 4 heterocycles. The average Bonchev–Trinajstić information content (AvgIpc) is 3.24. The Labute approximate surface area is 174 Å². The van der Waals surface area contributed by atoms with E-state index in [9.17, 15) is 0 Å². The van der Waals surface area contributed by atoms with Crippen molar-refractivity contribution in [2.24, 2.45) is 5.92 Å². The van der Waals surface area contributed by atoms with Crippen molar-refractivity contribution < 1.29 is 4.42 Å². The number of halogens is 1. The maximum atomic E-state index is 9.05. The molecule has 6 heteroatoms. The van der Waals surface area contributed by atoms with Gasteiger partial charge in [-0.15, -0.1) is 0 Å². The van der Waals surface area contributed by atoms with Crippen LogP contribution >= 0.6 is 15.9 Å². The number of aromatic nitrogens is 1. The fourth-order valence-corrected chi connectivity index (χ4v) is 6.46. The summed E-state index contributed by atoms with van der Waals surface area (Å²) in [6.07, 6.45) is 12.3. The van der Waals surface area contributed by atoms with Crippen molar-refractivity contribution in [3.8, 4) is 6.07 Å². The molecule has 1 aliphatic carbocycles. The van der Waals surface area contributed by atoms with E-state index in [0.717, 1.165) is 39.7 Å². The molecule has 2 unspecified atom stereocenters. The zero-order valence-electron chi connectivity index (χ0n) is 16.3. The van der Waals surface area contributed by atoms with Gasteiger partial charge in [-0.25, -0.2) is 4.98 Å². The number of piperidine rings is 1. The lowest BCUT2D eigenvalue weighted by Gasteiger charge is -2.45. The number of rotatable bonds is 3. The first-order valence-electron chi connectivity index (χ1n) is 10.6. The first-order valence-corrected chi connectivity index (χ1v) is 11.4. The number of nitrogens with zero attached hydrogens (tertiary/aromatic N) is 3. The molecule has 2 bridgehead atoms. The lowest BCUT2D eigenvalue weighted by molar-refractivity contribution is 0.0445. The van der Waals surface area contributed by atoms with E-state index in [-0.39, 0.29) is 0 Å². The van der Waals surface area contributed by atoms with Crippen LogP contribution in [0.4, 0.5) is 5.82 Å². The molecule has 0 aromatic carbocycles. The monoisotopic (exact) mass is 442 g/mol. The van der Waals surface area contributed by atoms with Crippen molar-refractivity contribution in [3.05, 3.63) is 22.5 Å². The summed E-state index contributed by atoms with van der Waals surface area (Å²) in [5, 5.41) is 13.6. The quantitative estimate of drug-likeness (QED) is 0.684. The van der Waals surface area contributed by atoms with Crippen LogP contribution in [0.3, 0.4) is 0 Å². The summed E-state index contributed by atoms with van der Waals surface area (Å²) in [4.78, 5) is 7.44. The Kier molecular flexibility index (Phi) is 4.84. The summed E-state index contributed by atoms with van der Waals surface area (Å²) in [5.74, 6) is 2.09. The Morgan fingerprint density at radius 2 is 1.82 bits per heavy atom. The fraction of sp³-hybridized carbons (Fsp3) is 0.636. The van der Waals surface area contributed by atoms with Crippen LogP contribution in [0.1, 0.15) is 64.1 Å². The SMILES string of the molecule is CC1CC2CCC(C1)N2C1CCC(Nc2ncc3oc(C#N)cc3c2Br)CC1. The average molecular weight is 443 g/mol. The van der Waals surface area contributed by atoms with E-state index in [4.69, 9.17) is 9.68 Å². The molecular weight excluding hydrogens is 416 g/mol. The van der Waals surface area contributed by atoms with Crippen LogP contribution in [0, 0.1) is 17.2 Å². The smallest absolute Gasteiger partial charge is 0.204 e. The Hall–Kier alpha value is -1.58. The second-order valence-electron chi connectivity index (χ2n) is 8.98. The van der Waals surface area contributed by atoms with Crippen LogP contribution in [-0.4, -0.2) is 34.1 Å². The molecule has 5 rings (SSSR count). The molecule has 0 radical (unpaired) electrons. The minimum Gasteiger partial charge on any atom is -0.444 e. The lowest BCUT2D eigenvalue weighted by Crippen LogP contribution is -2.50. The van der Waals surface area contributed by atoms with Gasteiger partial charge in [-0.3, -0.25) is 4.90 Å². The summed E-state index contributed by atoms with van der Waals surface area (Å²) in [6.45, 7) is 2.44. The lowest BCUT2D eigenvalue weighted by atomic mass is 9.85. The second-order valence-corrected chi connectivity index (χ2v) is 9.77. The van der Waals surface area contributed by atoms with E-state index in [2.05, 4.69) is 44.1 Å². The van der Waals surface area contributed by atoms with Gasteiger partial charge < -0.3 is 9.73 Å². The molecule has 3 fully saturated rings. The van der Waals surface area contributed by atoms with Gasteiger partial charge in [0.15, 0.2) is 5.58 Å². The molecule has 2 atom stereocenters. The molecule has 2 saturated heterocycles. The largest absolute Gasteiger partial charge is 0.444 e. The van der Waals surface area contributed by atoms with Crippen LogP contribution in [0.25, 0.3) is 11.0 Å². The van der Waals surface area contributed by atoms with Crippen LogP contribution in [0.15, 0.2) is 21.2 Å². The maximum absolute atomic E-state index is 9.05. The van der Waals surface area contributed by atoms with Gasteiger partial charge in [0.05, 0.1) is 10.7 Å². The number of hydrogen-bond donors (Lipinski definition) is 1. The zero-order chi connectivity index (χ0) is 19.3. The predicted octanol–water partition coefficient (Wildman–Crippen LogP) is 5.45. The normalized spacial score (nSPS) is 33.1. The molecule has 1 N–H and O–H groups in total. The molecule has 28 heavy (non-hydrogen) atoms. The highest BCUT2D eigenvalue weighted by Crippen LogP contribution is 2.43. The van der Waals surface area contributed by atoms with Crippen molar-refractivity contribution in [1.29, 1.82) is 5.26 Å². The first-order chi connectivity index (χ1) is 13.6. The van der Waals surface area contributed by atoms with Gasteiger partial charge in [-0.05, 0) is 73.2 Å². The number of anilines is 1. The van der Waals surface area contributed by atoms with E-state index in [1.165, 1.54) is 51.4 Å². The van der Waals surface area contributed by atoms with E-state index in [0.29, 0.717) is 17.4 Å². The summed E-state index contributed by atoms with van der Waals surface area (Å²) in [6, 6.07) is 6.75. The van der Waals surface area contributed by atoms with Gasteiger partial charge in [0.1, 0.15) is 11.9 Å². The molecule has 148 valence electrons. The van der Waals surface area contributed by atoms with Crippen molar-refractivity contribution in [3.63, 3.8) is 0 Å². The van der Waals surface area contributed by atoms with Gasteiger partial charge in [0.2, 0.25) is 5.76 Å². The number of fused-ring (bicyclic) bond motifs is 3. The number of nitrogens with one attached hydrogen (secondary N) is 1. The van der Waals surface area contributed by atoms with E-state index < -0.39 is 0 Å². The number of hydrogen-bond acceptors (Lipinski definition) is 5. The molecule has 5 nitrogen and oxygen atoms in total. The van der Waals surface area contributed by atoms with Crippen molar-refractivity contribution in [1.82, 2.24) is 9.88 Å². The summed E-state index contributed by atoms with van der Waals surface area (Å²) in [7, 11) is 0. The zero-order valence-corrected chi connectivity index (χ0v) is 17.9. The summed E-state index contributed by atoms with van der Waals surface area (Å²) < 4.78 is 6.36. The van der Waals surface area contributed by atoms with Crippen LogP contribution in [0.2, 0.25) is 0 Å². The highest BCUT2D eigenvalue weighted by atomic mass is 79.9. The second kappa shape index (κ2) is 7.35. The Morgan fingerprint density at radius 3 is 2.50 bits per heavy atom. The topological polar surface area (TPSA) is 65.1 Å². The molecule has 3 aliphatic rings. The number of pyridine rings is 1. The van der Waals surface area contributed by atoms with Gasteiger partial charge in [0, 0.05) is 35.6 Å². The Bertz CT molecular complexity index is 897. The maximum Gasteiger partial charge on any atom is 0.204 e. The molecule has 2 aliphatic heterocycles. The van der Waals surface area contributed by atoms with Gasteiger partial charge in [-0.2, -0.15) is 5.26 Å². The highest BCUT2D eigenvalue weighted by Gasteiger charge is 2.43. The standard InChI is InChI=1S/C22H27BrN4O/c1-13-8-16-6-7-17(9-13)27(16)15-4-2-14(3-5-15)26-22-21(23)19-10-18(11-24)28-20(19)12-25-22/h10,12-17H,2-9H2,1H3,(H,25,26). The van der Waals surface area contributed by atoms with Gasteiger partial charge in [-0.1, -0.05) is 6.92 Å². The van der Waals surface area contributed by atoms with Gasteiger partial charge in [0.25, 0.3) is 0 Å². The third-order valence-corrected chi connectivity index (χ3v) is 7.91.